The number of carbonyl (C=O) groups excluding carboxylic acids is 3. The minimum atomic E-state index is -0.624. The molecule has 3 aliphatic heterocycles. The van der Waals surface area contributed by atoms with Crippen molar-refractivity contribution >= 4 is 34.9 Å². The Hall–Kier alpha value is -2.50. The number of carbonyl (C=O) groups is 3. The van der Waals surface area contributed by atoms with E-state index in [0.717, 1.165) is 19.4 Å². The first-order chi connectivity index (χ1) is 13.6. The maximum atomic E-state index is 13.4. The Labute approximate surface area is 167 Å². The largest absolute Gasteiger partial charge is 0.292 e. The number of nitrogens with zero attached hydrogens (tertiary/aromatic N) is 2. The number of imide groups is 1. The van der Waals surface area contributed by atoms with E-state index in [1.54, 1.807) is 36.4 Å². The average Bonchev–Trinajstić information content (AvgIpc) is 3.35. The zero-order chi connectivity index (χ0) is 19.4. The Balaban J connectivity index is 1.55. The van der Waals surface area contributed by atoms with Gasteiger partial charge in [0.1, 0.15) is 0 Å². The van der Waals surface area contributed by atoms with Gasteiger partial charge in [0.2, 0.25) is 11.8 Å². The van der Waals surface area contributed by atoms with Crippen LogP contribution in [0.3, 0.4) is 0 Å². The summed E-state index contributed by atoms with van der Waals surface area (Å²) in [6, 6.07) is 15.1. The summed E-state index contributed by atoms with van der Waals surface area (Å²) in [5.74, 6) is -1.61. The van der Waals surface area contributed by atoms with Crippen LogP contribution in [0.15, 0.2) is 54.6 Å². The highest BCUT2D eigenvalue weighted by molar-refractivity contribution is 6.30. The number of Topliss-reactive ketones (excluding diaryl/α,β-unsaturated/α-hetero) is 1. The van der Waals surface area contributed by atoms with Crippen molar-refractivity contribution in [3.63, 3.8) is 0 Å². The lowest BCUT2D eigenvalue weighted by Gasteiger charge is -2.27. The van der Waals surface area contributed by atoms with Crippen LogP contribution in [0.25, 0.3) is 0 Å². The van der Waals surface area contributed by atoms with Gasteiger partial charge in [-0.2, -0.15) is 0 Å². The number of hydrogen-bond acceptors (Lipinski definition) is 4. The zero-order valence-electron chi connectivity index (χ0n) is 15.1. The average molecular weight is 395 g/mol. The van der Waals surface area contributed by atoms with Crippen molar-refractivity contribution in [2.45, 2.75) is 24.9 Å². The number of fused-ring (bicyclic) bond motifs is 3. The molecule has 2 aromatic rings. The summed E-state index contributed by atoms with van der Waals surface area (Å²) in [6.07, 6.45) is 1.78. The van der Waals surface area contributed by atoms with Crippen LogP contribution in [-0.2, 0) is 9.59 Å². The van der Waals surface area contributed by atoms with E-state index in [9.17, 15) is 14.4 Å². The van der Waals surface area contributed by atoms with Crippen LogP contribution in [-0.4, -0.2) is 41.1 Å². The molecule has 3 saturated heterocycles. The molecule has 2 amide bonds. The molecular weight excluding hydrogens is 376 g/mol. The smallest absolute Gasteiger partial charge is 0.239 e. The fourth-order valence-electron chi connectivity index (χ4n) is 5.13. The molecule has 3 heterocycles. The van der Waals surface area contributed by atoms with E-state index in [1.807, 2.05) is 18.2 Å². The third kappa shape index (κ3) is 2.46. The zero-order valence-corrected chi connectivity index (χ0v) is 15.9. The molecule has 28 heavy (non-hydrogen) atoms. The number of amides is 2. The topological polar surface area (TPSA) is 57.7 Å². The van der Waals surface area contributed by atoms with Gasteiger partial charge in [-0.3, -0.25) is 19.3 Å². The lowest BCUT2D eigenvalue weighted by atomic mass is 9.85. The van der Waals surface area contributed by atoms with Crippen LogP contribution in [0.2, 0.25) is 5.02 Å². The molecule has 0 aliphatic carbocycles. The van der Waals surface area contributed by atoms with Gasteiger partial charge in [-0.25, -0.2) is 4.90 Å². The fraction of sp³-hybridized carbons (Fsp3) is 0.318. The highest BCUT2D eigenvalue weighted by Crippen LogP contribution is 2.48. The minimum Gasteiger partial charge on any atom is -0.292 e. The Bertz CT molecular complexity index is 960. The third-order valence-electron chi connectivity index (χ3n) is 6.26. The molecule has 0 saturated carbocycles. The van der Waals surface area contributed by atoms with E-state index in [1.165, 1.54) is 4.90 Å². The van der Waals surface area contributed by atoms with Crippen molar-refractivity contribution in [1.82, 2.24) is 4.90 Å². The van der Waals surface area contributed by atoms with Crippen molar-refractivity contribution < 1.29 is 14.4 Å². The Morgan fingerprint density at radius 1 is 0.929 bits per heavy atom. The van der Waals surface area contributed by atoms with Gasteiger partial charge in [-0.05, 0) is 55.8 Å². The molecule has 142 valence electrons. The van der Waals surface area contributed by atoms with E-state index < -0.39 is 17.9 Å². The monoisotopic (exact) mass is 394 g/mol. The number of anilines is 1. The van der Waals surface area contributed by atoms with E-state index in [-0.39, 0.29) is 23.6 Å². The summed E-state index contributed by atoms with van der Waals surface area (Å²) in [4.78, 5) is 43.3. The molecule has 3 fully saturated rings. The third-order valence-corrected chi connectivity index (χ3v) is 6.52. The van der Waals surface area contributed by atoms with Crippen molar-refractivity contribution in [2.75, 3.05) is 11.4 Å². The first-order valence-corrected chi connectivity index (χ1v) is 9.94. The molecule has 3 aliphatic rings. The van der Waals surface area contributed by atoms with Gasteiger partial charge in [0.15, 0.2) is 5.78 Å². The van der Waals surface area contributed by atoms with Crippen LogP contribution in [0.5, 0.6) is 0 Å². The van der Waals surface area contributed by atoms with Crippen molar-refractivity contribution in [3.05, 3.63) is 65.2 Å². The van der Waals surface area contributed by atoms with Crippen LogP contribution in [0.4, 0.5) is 5.69 Å². The highest BCUT2D eigenvalue weighted by Gasteiger charge is 2.64. The molecule has 4 atom stereocenters. The second kappa shape index (κ2) is 6.54. The van der Waals surface area contributed by atoms with Crippen molar-refractivity contribution in [1.29, 1.82) is 0 Å². The number of hydrogen-bond donors (Lipinski definition) is 0. The van der Waals surface area contributed by atoms with Gasteiger partial charge in [-0.15, -0.1) is 0 Å². The molecule has 0 aromatic heterocycles. The number of benzene rings is 2. The van der Waals surface area contributed by atoms with Crippen molar-refractivity contribution in [2.24, 2.45) is 11.8 Å². The highest BCUT2D eigenvalue weighted by atomic mass is 35.5. The lowest BCUT2D eigenvalue weighted by Crippen LogP contribution is -2.46. The van der Waals surface area contributed by atoms with E-state index >= 15 is 0 Å². The normalized spacial score (nSPS) is 29.2. The molecule has 0 bridgehead atoms. The SMILES string of the molecule is O=C(c1ccc(Cl)cc1)[C@@H]1[C@H]2C(=O)N(c3ccccc3)C(=O)[C@@H]2[C@H]2CCCN21. The maximum absolute atomic E-state index is 13.4. The van der Waals surface area contributed by atoms with Crippen LogP contribution in [0, 0.1) is 11.8 Å². The van der Waals surface area contributed by atoms with E-state index in [4.69, 9.17) is 11.6 Å². The Morgan fingerprint density at radius 2 is 1.61 bits per heavy atom. The summed E-state index contributed by atoms with van der Waals surface area (Å²) in [5.41, 5.74) is 1.10. The summed E-state index contributed by atoms with van der Waals surface area (Å²) in [6.45, 7) is 0.744. The maximum Gasteiger partial charge on any atom is 0.239 e. The molecule has 2 aromatic carbocycles. The lowest BCUT2D eigenvalue weighted by molar-refractivity contribution is -0.123. The molecular formula is C22H19ClN2O3. The van der Waals surface area contributed by atoms with E-state index in [2.05, 4.69) is 4.90 Å². The quantitative estimate of drug-likeness (QED) is 0.592. The molecule has 0 N–H and O–H groups in total. The number of halogens is 1. The molecule has 5 rings (SSSR count). The molecule has 0 unspecified atom stereocenters. The van der Waals surface area contributed by atoms with Gasteiger partial charge in [-0.1, -0.05) is 29.8 Å². The van der Waals surface area contributed by atoms with Gasteiger partial charge in [0.25, 0.3) is 0 Å². The van der Waals surface area contributed by atoms with Gasteiger partial charge >= 0.3 is 0 Å². The molecule has 0 radical (unpaired) electrons. The first-order valence-electron chi connectivity index (χ1n) is 9.56. The summed E-state index contributed by atoms with van der Waals surface area (Å²) in [5, 5.41) is 0.558. The summed E-state index contributed by atoms with van der Waals surface area (Å²) < 4.78 is 0. The molecule has 5 nitrogen and oxygen atoms in total. The van der Waals surface area contributed by atoms with Crippen LogP contribution < -0.4 is 4.90 Å². The standard InChI is InChI=1S/C22H19ClN2O3/c23-14-10-8-13(9-11-14)20(26)19-18-17(16-7-4-12-24(16)19)21(27)25(22(18)28)15-5-2-1-3-6-15/h1-3,5-6,8-11,16-19H,4,7,12H2/t16-,17-,18+,19+/m1/s1. The van der Waals surface area contributed by atoms with Crippen LogP contribution in [0.1, 0.15) is 23.2 Å². The molecule has 0 spiro atoms. The van der Waals surface area contributed by atoms with Gasteiger partial charge in [0, 0.05) is 16.6 Å². The first kappa shape index (κ1) is 17.6. The minimum absolute atomic E-state index is 0.0450. The summed E-state index contributed by atoms with van der Waals surface area (Å²) in [7, 11) is 0. The number of rotatable bonds is 3. The van der Waals surface area contributed by atoms with Crippen LogP contribution >= 0.6 is 11.6 Å². The van der Waals surface area contributed by atoms with E-state index in [0.29, 0.717) is 16.3 Å². The number of para-hydroxylation sites is 1. The Morgan fingerprint density at radius 3 is 2.32 bits per heavy atom. The summed E-state index contributed by atoms with van der Waals surface area (Å²) >= 11 is 5.96. The fourth-order valence-corrected chi connectivity index (χ4v) is 5.26. The van der Waals surface area contributed by atoms with Crippen molar-refractivity contribution in [3.8, 4) is 0 Å². The van der Waals surface area contributed by atoms with Gasteiger partial charge < -0.3 is 0 Å². The van der Waals surface area contributed by atoms with Gasteiger partial charge in [0.05, 0.1) is 23.6 Å². The predicted octanol–water partition coefficient (Wildman–Crippen LogP) is 3.18. The predicted molar refractivity (Wildman–Crippen MR) is 105 cm³/mol. The second-order valence-corrected chi connectivity index (χ2v) is 8.10. The molecule has 6 heteroatoms. The second-order valence-electron chi connectivity index (χ2n) is 7.66. The number of ketones is 1. The Kier molecular flexibility index (Phi) is 4.11.